The maximum absolute atomic E-state index is 12.5. The number of ether oxygens (including phenoxy) is 1. The lowest BCUT2D eigenvalue weighted by molar-refractivity contribution is 0.239. The third-order valence-electron chi connectivity index (χ3n) is 6.37. The molecule has 0 spiro atoms. The minimum atomic E-state index is -3.22. The second-order valence-corrected chi connectivity index (χ2v) is 12.6. The van der Waals surface area contributed by atoms with Crippen LogP contribution in [0.5, 0.6) is 5.75 Å². The number of aromatic amines is 1. The van der Waals surface area contributed by atoms with Gasteiger partial charge in [-0.15, -0.1) is 11.6 Å². The van der Waals surface area contributed by atoms with Gasteiger partial charge in [0.25, 0.3) is 0 Å². The fourth-order valence-corrected chi connectivity index (χ4v) is 7.03. The van der Waals surface area contributed by atoms with Crippen LogP contribution in [-0.2, 0) is 16.3 Å². The van der Waals surface area contributed by atoms with Crippen LogP contribution in [0.15, 0.2) is 58.5 Å². The molecule has 2 unspecified atom stereocenters. The van der Waals surface area contributed by atoms with Gasteiger partial charge in [0.05, 0.1) is 33.5 Å². The number of hydrogen-bond donors (Lipinski definition) is 1. The van der Waals surface area contributed by atoms with E-state index >= 15 is 0 Å². The number of alkyl halides is 1. The molecule has 1 saturated carbocycles. The summed E-state index contributed by atoms with van der Waals surface area (Å²) < 4.78 is 31.1. The lowest BCUT2D eigenvalue weighted by Crippen LogP contribution is -2.15. The highest BCUT2D eigenvalue weighted by Gasteiger charge is 2.35. The number of nitrogens with one attached hydrogen (secondary N) is 1. The molecule has 2 aliphatic carbocycles. The van der Waals surface area contributed by atoms with Crippen molar-refractivity contribution >= 4 is 39.1 Å². The molecule has 0 radical (unpaired) electrons. The Labute approximate surface area is 216 Å². The van der Waals surface area contributed by atoms with E-state index in [0.29, 0.717) is 22.3 Å². The highest BCUT2D eigenvalue weighted by Crippen LogP contribution is 2.50. The molecular formula is C27H28Cl2N2O3S. The van der Waals surface area contributed by atoms with Gasteiger partial charge in [-0.2, -0.15) is 0 Å². The Hall–Kier alpha value is -2.28. The number of nitrogens with zero attached hydrogens (tertiary/aromatic N) is 1. The van der Waals surface area contributed by atoms with Crippen LogP contribution in [0.4, 0.5) is 0 Å². The molecule has 0 bridgehead atoms. The number of imidazole rings is 1. The van der Waals surface area contributed by atoms with Crippen molar-refractivity contribution < 1.29 is 13.2 Å². The molecule has 0 amide bonds. The maximum atomic E-state index is 12.5. The summed E-state index contributed by atoms with van der Waals surface area (Å²) in [5, 5.41) is 0.177. The van der Waals surface area contributed by atoms with Crippen LogP contribution in [0, 0.1) is 5.92 Å². The normalized spacial score (nSPS) is 20.0. The number of rotatable bonds is 8. The second-order valence-electron chi connectivity index (χ2n) is 9.64. The highest BCUT2D eigenvalue weighted by molar-refractivity contribution is 7.91. The van der Waals surface area contributed by atoms with Crippen molar-refractivity contribution in [3.05, 3.63) is 81.9 Å². The van der Waals surface area contributed by atoms with Crippen molar-refractivity contribution in [3.8, 4) is 5.75 Å². The molecule has 0 saturated heterocycles. The second kappa shape index (κ2) is 9.64. The van der Waals surface area contributed by atoms with Crippen LogP contribution in [0.3, 0.4) is 0 Å². The van der Waals surface area contributed by atoms with Crippen LogP contribution in [0.25, 0.3) is 6.08 Å². The van der Waals surface area contributed by atoms with E-state index in [0.717, 1.165) is 46.9 Å². The zero-order valence-corrected chi connectivity index (χ0v) is 22.0. The fourth-order valence-electron chi connectivity index (χ4n) is 4.49. The average Bonchev–Trinajstić information content (AvgIpc) is 3.51. The van der Waals surface area contributed by atoms with Gasteiger partial charge in [-0.3, -0.25) is 0 Å². The molecule has 2 aliphatic rings. The van der Waals surface area contributed by atoms with Crippen LogP contribution in [0.1, 0.15) is 66.3 Å². The Morgan fingerprint density at radius 1 is 1.11 bits per heavy atom. The van der Waals surface area contributed by atoms with Crippen LogP contribution in [-0.4, -0.2) is 30.2 Å². The Balaban J connectivity index is 1.36. The predicted octanol–water partition coefficient (Wildman–Crippen LogP) is 6.63. The number of hydrogen-bond acceptors (Lipinski definition) is 4. The molecule has 1 N–H and O–H groups in total. The van der Waals surface area contributed by atoms with E-state index in [1.807, 2.05) is 56.3 Å². The average molecular weight is 532 g/mol. The molecule has 1 fully saturated rings. The van der Waals surface area contributed by atoms with Gasteiger partial charge in [0.15, 0.2) is 9.84 Å². The van der Waals surface area contributed by atoms with E-state index in [4.69, 9.17) is 32.9 Å². The molecule has 2 atom stereocenters. The first-order valence-corrected chi connectivity index (χ1v) is 14.3. The SMILES string of the molecule is CC(C)Oc1ccccc1C1C(Cl)=Cc2nc(Cc3ccc(S(=O)(=O)CC4CC4)cc3)[nH]c2C1Cl. The first-order chi connectivity index (χ1) is 16.7. The minimum Gasteiger partial charge on any atom is -0.491 e. The summed E-state index contributed by atoms with van der Waals surface area (Å²) in [6, 6.07) is 14.9. The summed E-state index contributed by atoms with van der Waals surface area (Å²) in [5.41, 5.74) is 3.45. The largest absolute Gasteiger partial charge is 0.491 e. The summed E-state index contributed by atoms with van der Waals surface area (Å²) >= 11 is 13.7. The fraction of sp³-hybridized carbons (Fsp3) is 0.370. The van der Waals surface area contributed by atoms with Gasteiger partial charge in [-0.25, -0.2) is 13.4 Å². The van der Waals surface area contributed by atoms with E-state index in [-0.39, 0.29) is 17.8 Å². The highest BCUT2D eigenvalue weighted by atomic mass is 35.5. The predicted molar refractivity (Wildman–Crippen MR) is 140 cm³/mol. The first kappa shape index (κ1) is 24.4. The van der Waals surface area contributed by atoms with Crippen molar-refractivity contribution in [2.75, 3.05) is 5.75 Å². The number of sulfone groups is 1. The van der Waals surface area contributed by atoms with Crippen molar-refractivity contribution in [1.82, 2.24) is 9.97 Å². The van der Waals surface area contributed by atoms with Crippen LogP contribution >= 0.6 is 23.2 Å². The summed E-state index contributed by atoms with van der Waals surface area (Å²) in [6.45, 7) is 3.98. The Bertz CT molecular complexity index is 1360. The van der Waals surface area contributed by atoms with Gasteiger partial charge >= 0.3 is 0 Å². The van der Waals surface area contributed by atoms with Gasteiger partial charge in [0.2, 0.25) is 0 Å². The molecular weight excluding hydrogens is 503 g/mol. The molecule has 1 heterocycles. The maximum Gasteiger partial charge on any atom is 0.178 e. The Morgan fingerprint density at radius 2 is 1.83 bits per heavy atom. The zero-order chi connectivity index (χ0) is 24.7. The molecule has 0 aliphatic heterocycles. The summed E-state index contributed by atoms with van der Waals surface area (Å²) in [7, 11) is -3.22. The number of H-pyrrole nitrogens is 1. The minimum absolute atomic E-state index is 0.0284. The summed E-state index contributed by atoms with van der Waals surface area (Å²) in [5.74, 6) is 1.83. The monoisotopic (exact) mass is 530 g/mol. The number of allylic oxidation sites excluding steroid dienone is 1. The number of para-hydroxylation sites is 1. The van der Waals surface area contributed by atoms with Gasteiger partial charge in [-0.05, 0) is 62.4 Å². The van der Waals surface area contributed by atoms with Gasteiger partial charge in [-0.1, -0.05) is 41.9 Å². The van der Waals surface area contributed by atoms with Crippen molar-refractivity contribution in [1.29, 1.82) is 0 Å². The van der Waals surface area contributed by atoms with Crippen molar-refractivity contribution in [2.45, 2.75) is 55.4 Å². The Morgan fingerprint density at radius 3 is 2.51 bits per heavy atom. The molecule has 184 valence electrons. The molecule has 8 heteroatoms. The zero-order valence-electron chi connectivity index (χ0n) is 19.7. The summed E-state index contributed by atoms with van der Waals surface area (Å²) in [6.07, 6.45) is 4.44. The van der Waals surface area contributed by atoms with Gasteiger partial charge < -0.3 is 9.72 Å². The van der Waals surface area contributed by atoms with Crippen molar-refractivity contribution in [3.63, 3.8) is 0 Å². The standard InChI is InChI=1S/C27H28Cl2N2O3S/c1-16(2)34-23-6-4-3-5-20(23)25-21(28)14-22-27(26(25)29)31-24(30-22)13-17-9-11-19(12-10-17)35(32,33)15-18-7-8-18/h3-6,9-12,14,16,18,25-26H,7-8,13,15H2,1-2H3,(H,30,31). The van der Waals surface area contributed by atoms with Crippen LogP contribution < -0.4 is 4.74 Å². The smallest absolute Gasteiger partial charge is 0.178 e. The van der Waals surface area contributed by atoms with E-state index in [1.54, 1.807) is 12.1 Å². The van der Waals surface area contributed by atoms with Crippen molar-refractivity contribution in [2.24, 2.45) is 5.92 Å². The summed E-state index contributed by atoms with van der Waals surface area (Å²) in [4.78, 5) is 8.48. The Kier molecular flexibility index (Phi) is 6.73. The van der Waals surface area contributed by atoms with E-state index in [1.165, 1.54) is 0 Å². The quantitative estimate of drug-likeness (QED) is 0.331. The molecule has 1 aromatic heterocycles. The first-order valence-electron chi connectivity index (χ1n) is 11.9. The lowest BCUT2D eigenvalue weighted by atomic mass is 9.88. The lowest BCUT2D eigenvalue weighted by Gasteiger charge is -2.27. The number of halogens is 2. The third kappa shape index (κ3) is 5.30. The van der Waals surface area contributed by atoms with E-state index in [2.05, 4.69) is 4.98 Å². The topological polar surface area (TPSA) is 72.0 Å². The number of fused-ring (bicyclic) bond motifs is 1. The molecule has 5 nitrogen and oxygen atoms in total. The molecule has 5 rings (SSSR count). The number of benzene rings is 2. The van der Waals surface area contributed by atoms with E-state index in [9.17, 15) is 8.42 Å². The third-order valence-corrected chi connectivity index (χ3v) is 9.09. The van der Waals surface area contributed by atoms with Gasteiger partial charge in [0, 0.05) is 22.9 Å². The van der Waals surface area contributed by atoms with Crippen LogP contribution in [0.2, 0.25) is 0 Å². The van der Waals surface area contributed by atoms with Gasteiger partial charge in [0.1, 0.15) is 11.6 Å². The molecule has 2 aromatic carbocycles. The number of aromatic nitrogens is 2. The van der Waals surface area contributed by atoms with E-state index < -0.39 is 15.2 Å². The molecule has 35 heavy (non-hydrogen) atoms. The molecule has 3 aromatic rings.